The van der Waals surface area contributed by atoms with Crippen LogP contribution in [0.4, 0.5) is 5.82 Å². The zero-order valence-corrected chi connectivity index (χ0v) is 15.6. The van der Waals surface area contributed by atoms with Crippen molar-refractivity contribution in [2.75, 3.05) is 18.4 Å². The van der Waals surface area contributed by atoms with Gasteiger partial charge in [-0.25, -0.2) is 15.0 Å². The Morgan fingerprint density at radius 2 is 1.88 bits per heavy atom. The first-order chi connectivity index (χ1) is 12.6. The number of piperidine rings is 1. The summed E-state index contributed by atoms with van der Waals surface area (Å²) in [6.45, 7) is 8.28. The number of aromatic amines is 1. The maximum atomic E-state index is 4.71. The summed E-state index contributed by atoms with van der Waals surface area (Å²) in [6.07, 6.45) is 2.27. The van der Waals surface area contributed by atoms with Crippen molar-refractivity contribution < 1.29 is 0 Å². The molecule has 0 radical (unpaired) electrons. The summed E-state index contributed by atoms with van der Waals surface area (Å²) >= 11 is 0. The highest BCUT2D eigenvalue weighted by atomic mass is 15.1. The first-order valence-corrected chi connectivity index (χ1v) is 9.37. The highest BCUT2D eigenvalue weighted by molar-refractivity contribution is 5.76. The lowest BCUT2D eigenvalue weighted by atomic mass is 9.94. The molecule has 1 atom stereocenters. The Hall–Kier alpha value is -2.47. The van der Waals surface area contributed by atoms with Gasteiger partial charge in [0.25, 0.3) is 0 Å². The fourth-order valence-corrected chi connectivity index (χ4v) is 3.63. The number of fused-ring (bicyclic) bond motifs is 1. The van der Waals surface area contributed by atoms with Crippen molar-refractivity contribution in [3.63, 3.8) is 0 Å². The molecule has 0 saturated carbocycles. The summed E-state index contributed by atoms with van der Waals surface area (Å²) in [5, 5.41) is 6.91. The third-order valence-electron chi connectivity index (χ3n) is 5.05. The average molecular weight is 350 g/mol. The Balaban J connectivity index is 1.56. The first-order valence-electron chi connectivity index (χ1n) is 9.37. The zero-order valence-electron chi connectivity index (χ0n) is 15.6. The molecule has 4 rings (SSSR count). The van der Waals surface area contributed by atoms with Gasteiger partial charge in [-0.1, -0.05) is 6.07 Å². The van der Waals surface area contributed by atoms with E-state index in [4.69, 9.17) is 4.98 Å². The third-order valence-corrected chi connectivity index (χ3v) is 5.05. The van der Waals surface area contributed by atoms with Gasteiger partial charge in [0.15, 0.2) is 0 Å². The topological polar surface area (TPSA) is 78.5 Å². The fourth-order valence-electron chi connectivity index (χ4n) is 3.63. The molecule has 26 heavy (non-hydrogen) atoms. The number of nitrogens with zero attached hydrogens (tertiary/aromatic N) is 3. The standard InChI is InChI=1S/C20H26N6/c1-12-4-5-16-18(10-12)26-20(25-16)13(2)22-19-11-17(23-14(3)24-19)15-6-8-21-9-7-15/h4-5,10-11,13,15,21H,6-9H2,1-3H3,(H,25,26)(H,22,23,24)/t13-/m0/s1. The molecular formula is C20H26N6. The smallest absolute Gasteiger partial charge is 0.130 e. The molecule has 1 aliphatic rings. The van der Waals surface area contributed by atoms with E-state index < -0.39 is 0 Å². The number of aromatic nitrogens is 4. The van der Waals surface area contributed by atoms with Crippen LogP contribution in [0, 0.1) is 13.8 Å². The van der Waals surface area contributed by atoms with Gasteiger partial charge < -0.3 is 15.6 Å². The van der Waals surface area contributed by atoms with Gasteiger partial charge in [-0.15, -0.1) is 0 Å². The molecule has 0 spiro atoms. The molecule has 6 nitrogen and oxygen atoms in total. The van der Waals surface area contributed by atoms with Gasteiger partial charge in [-0.05, 0) is 64.4 Å². The van der Waals surface area contributed by atoms with Gasteiger partial charge in [0.2, 0.25) is 0 Å². The second-order valence-electron chi connectivity index (χ2n) is 7.26. The minimum Gasteiger partial charge on any atom is -0.360 e. The fraction of sp³-hybridized carbons (Fsp3) is 0.450. The van der Waals surface area contributed by atoms with Crippen molar-refractivity contribution in [3.8, 4) is 0 Å². The Labute approximate surface area is 153 Å². The molecule has 1 saturated heterocycles. The number of benzene rings is 1. The van der Waals surface area contributed by atoms with E-state index in [1.165, 1.54) is 5.56 Å². The van der Waals surface area contributed by atoms with Crippen LogP contribution < -0.4 is 10.6 Å². The summed E-state index contributed by atoms with van der Waals surface area (Å²) in [5.41, 5.74) is 4.44. The summed E-state index contributed by atoms with van der Waals surface area (Å²) < 4.78 is 0. The van der Waals surface area contributed by atoms with E-state index in [2.05, 4.69) is 63.7 Å². The zero-order chi connectivity index (χ0) is 18.1. The lowest BCUT2D eigenvalue weighted by Crippen LogP contribution is -2.27. The van der Waals surface area contributed by atoms with Crippen LogP contribution >= 0.6 is 0 Å². The van der Waals surface area contributed by atoms with Crippen LogP contribution in [0.25, 0.3) is 11.0 Å². The van der Waals surface area contributed by atoms with E-state index in [0.29, 0.717) is 5.92 Å². The van der Waals surface area contributed by atoms with Crippen molar-refractivity contribution in [1.82, 2.24) is 25.3 Å². The minimum absolute atomic E-state index is 0.0397. The maximum absolute atomic E-state index is 4.71. The lowest BCUT2D eigenvalue weighted by molar-refractivity contribution is 0.452. The van der Waals surface area contributed by atoms with Crippen molar-refractivity contribution in [2.24, 2.45) is 0 Å². The molecule has 136 valence electrons. The Morgan fingerprint density at radius 1 is 1.08 bits per heavy atom. The van der Waals surface area contributed by atoms with E-state index in [-0.39, 0.29) is 6.04 Å². The summed E-state index contributed by atoms with van der Waals surface area (Å²) in [7, 11) is 0. The van der Waals surface area contributed by atoms with Crippen LogP contribution in [-0.4, -0.2) is 33.0 Å². The molecule has 1 fully saturated rings. The Kier molecular flexibility index (Phi) is 4.59. The quantitative estimate of drug-likeness (QED) is 0.670. The van der Waals surface area contributed by atoms with Gasteiger partial charge in [0.1, 0.15) is 17.5 Å². The predicted molar refractivity (Wildman–Crippen MR) is 104 cm³/mol. The van der Waals surface area contributed by atoms with Crippen LogP contribution in [0.2, 0.25) is 0 Å². The monoisotopic (exact) mass is 350 g/mol. The summed E-state index contributed by atoms with van der Waals surface area (Å²) in [5.74, 6) is 3.12. The number of nitrogens with one attached hydrogen (secondary N) is 3. The molecule has 6 heteroatoms. The van der Waals surface area contributed by atoms with E-state index in [1.54, 1.807) is 0 Å². The van der Waals surface area contributed by atoms with Crippen LogP contribution in [0.1, 0.15) is 54.6 Å². The van der Waals surface area contributed by atoms with E-state index in [0.717, 1.165) is 60.1 Å². The largest absolute Gasteiger partial charge is 0.360 e. The number of aryl methyl sites for hydroxylation is 2. The van der Waals surface area contributed by atoms with Crippen molar-refractivity contribution in [1.29, 1.82) is 0 Å². The first kappa shape index (κ1) is 17.0. The van der Waals surface area contributed by atoms with Gasteiger partial charge in [0, 0.05) is 17.7 Å². The number of hydrogen-bond acceptors (Lipinski definition) is 5. The molecule has 1 aromatic carbocycles. The van der Waals surface area contributed by atoms with Crippen LogP contribution in [0.5, 0.6) is 0 Å². The van der Waals surface area contributed by atoms with Gasteiger partial charge in [0.05, 0.1) is 17.1 Å². The molecule has 3 heterocycles. The molecule has 1 aliphatic heterocycles. The SMILES string of the molecule is Cc1ccc2nc([C@H](C)Nc3cc(C4CCNCC4)nc(C)n3)[nH]c2c1. The third kappa shape index (κ3) is 3.55. The second-order valence-corrected chi connectivity index (χ2v) is 7.26. The van der Waals surface area contributed by atoms with Crippen LogP contribution in [-0.2, 0) is 0 Å². The molecule has 3 N–H and O–H groups in total. The van der Waals surface area contributed by atoms with E-state index in [9.17, 15) is 0 Å². The maximum Gasteiger partial charge on any atom is 0.130 e. The van der Waals surface area contributed by atoms with Crippen molar-refractivity contribution in [2.45, 2.75) is 45.6 Å². The minimum atomic E-state index is 0.0397. The lowest BCUT2D eigenvalue weighted by Gasteiger charge is -2.23. The predicted octanol–water partition coefficient (Wildman–Crippen LogP) is 3.61. The van der Waals surface area contributed by atoms with E-state index >= 15 is 0 Å². The second kappa shape index (κ2) is 7.03. The molecule has 0 unspecified atom stereocenters. The van der Waals surface area contributed by atoms with Crippen molar-refractivity contribution >= 4 is 16.9 Å². The molecular weight excluding hydrogens is 324 g/mol. The number of rotatable bonds is 4. The van der Waals surface area contributed by atoms with Crippen molar-refractivity contribution in [3.05, 3.63) is 47.2 Å². The molecule has 3 aromatic rings. The number of anilines is 1. The van der Waals surface area contributed by atoms with Gasteiger partial charge in [-0.2, -0.15) is 0 Å². The highest BCUT2D eigenvalue weighted by Crippen LogP contribution is 2.26. The Bertz CT molecular complexity index is 910. The Morgan fingerprint density at radius 3 is 2.69 bits per heavy atom. The van der Waals surface area contributed by atoms with E-state index in [1.807, 2.05) is 6.92 Å². The average Bonchev–Trinajstić information content (AvgIpc) is 3.05. The number of H-pyrrole nitrogens is 1. The molecule has 0 bridgehead atoms. The van der Waals surface area contributed by atoms with Crippen LogP contribution in [0.15, 0.2) is 24.3 Å². The summed E-state index contributed by atoms with van der Waals surface area (Å²) in [4.78, 5) is 17.4. The molecule has 2 aromatic heterocycles. The molecule has 0 aliphatic carbocycles. The highest BCUT2D eigenvalue weighted by Gasteiger charge is 2.19. The number of imidazole rings is 1. The van der Waals surface area contributed by atoms with Gasteiger partial charge in [-0.3, -0.25) is 0 Å². The normalized spacial score (nSPS) is 16.7. The van der Waals surface area contributed by atoms with Gasteiger partial charge >= 0.3 is 0 Å². The number of hydrogen-bond donors (Lipinski definition) is 3. The van der Waals surface area contributed by atoms with Crippen LogP contribution in [0.3, 0.4) is 0 Å². The molecule has 0 amide bonds. The summed E-state index contributed by atoms with van der Waals surface area (Å²) in [6, 6.07) is 8.42.